The average molecular weight is 299 g/mol. The molecule has 7 nitrogen and oxygen atoms in total. The van der Waals surface area contributed by atoms with E-state index in [9.17, 15) is 17.6 Å². The molecule has 1 heterocycles. The predicted molar refractivity (Wildman–Crippen MR) is 66.2 cm³/mol. The van der Waals surface area contributed by atoms with Gasteiger partial charge in [0.2, 0.25) is 0 Å². The van der Waals surface area contributed by atoms with Crippen molar-refractivity contribution in [1.29, 1.82) is 0 Å². The third-order valence-electron chi connectivity index (χ3n) is 2.44. The van der Waals surface area contributed by atoms with Crippen molar-refractivity contribution in [2.75, 3.05) is 7.11 Å². The first-order valence-electron chi connectivity index (χ1n) is 5.30. The Morgan fingerprint density at radius 1 is 1.35 bits per heavy atom. The first kappa shape index (κ1) is 14.2. The number of rotatable bonds is 3. The van der Waals surface area contributed by atoms with Crippen LogP contribution in [-0.4, -0.2) is 31.3 Å². The van der Waals surface area contributed by atoms with Crippen molar-refractivity contribution in [2.24, 2.45) is 5.14 Å². The summed E-state index contributed by atoms with van der Waals surface area (Å²) in [6.45, 7) is 0. The Balaban J connectivity index is 2.64. The maximum absolute atomic E-state index is 12.9. The predicted octanol–water partition coefficient (Wildman–Crippen LogP) is 0.445. The van der Waals surface area contributed by atoms with Gasteiger partial charge in [0.15, 0.2) is 10.7 Å². The van der Waals surface area contributed by atoms with Crippen LogP contribution in [0.25, 0.3) is 5.69 Å². The molecule has 0 aliphatic heterocycles. The number of carbonyl (C=O) groups excluding carboxylic acids is 1. The summed E-state index contributed by atoms with van der Waals surface area (Å²) < 4.78 is 41.0. The smallest absolute Gasteiger partial charge is 0.356 e. The molecule has 0 saturated carbocycles. The summed E-state index contributed by atoms with van der Waals surface area (Å²) in [6.07, 6.45) is 0. The largest absolute Gasteiger partial charge is 0.464 e. The fourth-order valence-electron chi connectivity index (χ4n) is 1.53. The molecule has 0 aliphatic carbocycles. The molecule has 9 heteroatoms. The molecule has 0 amide bonds. The monoisotopic (exact) mass is 299 g/mol. The molecule has 0 unspecified atom stereocenters. The van der Waals surface area contributed by atoms with Gasteiger partial charge in [-0.1, -0.05) is 0 Å². The van der Waals surface area contributed by atoms with Gasteiger partial charge in [0.05, 0.1) is 12.8 Å². The second kappa shape index (κ2) is 5.02. The van der Waals surface area contributed by atoms with Crippen molar-refractivity contribution in [3.05, 3.63) is 41.8 Å². The van der Waals surface area contributed by atoms with E-state index < -0.39 is 26.8 Å². The molecular weight excluding hydrogens is 289 g/mol. The fraction of sp³-hybridized carbons (Fsp3) is 0.0909. The van der Waals surface area contributed by atoms with E-state index in [1.54, 1.807) is 0 Å². The summed E-state index contributed by atoms with van der Waals surface area (Å²) in [4.78, 5) is 11.6. The van der Waals surface area contributed by atoms with E-state index in [0.29, 0.717) is 5.69 Å². The minimum Gasteiger partial charge on any atom is -0.464 e. The van der Waals surface area contributed by atoms with Crippen molar-refractivity contribution >= 4 is 16.0 Å². The van der Waals surface area contributed by atoms with Crippen molar-refractivity contribution in [1.82, 2.24) is 9.78 Å². The molecule has 0 saturated heterocycles. The normalized spacial score (nSPS) is 11.3. The highest BCUT2D eigenvalue weighted by atomic mass is 32.2. The summed E-state index contributed by atoms with van der Waals surface area (Å²) in [5.74, 6) is -1.27. The summed E-state index contributed by atoms with van der Waals surface area (Å²) in [7, 11) is -2.94. The first-order valence-corrected chi connectivity index (χ1v) is 6.84. The standard InChI is InChI=1S/C11H10FN3O4S/c1-19-11(16)9-6-10(20(13,17)18)14-15(9)8-4-2-7(12)3-5-8/h2-6H,1H3,(H2,13,17,18). The Morgan fingerprint density at radius 3 is 2.45 bits per heavy atom. The van der Waals surface area contributed by atoms with E-state index in [1.807, 2.05) is 0 Å². The maximum Gasteiger partial charge on any atom is 0.356 e. The first-order chi connectivity index (χ1) is 9.32. The molecule has 2 N–H and O–H groups in total. The molecule has 1 aromatic heterocycles. The summed E-state index contributed by atoms with van der Waals surface area (Å²) in [5, 5.41) is 8.21. The second-order valence-corrected chi connectivity index (χ2v) is 5.30. The van der Waals surface area contributed by atoms with Gasteiger partial charge in [0.1, 0.15) is 5.82 Å². The molecule has 106 valence electrons. The van der Waals surface area contributed by atoms with Crippen LogP contribution in [0.4, 0.5) is 4.39 Å². The average Bonchev–Trinajstić information content (AvgIpc) is 2.83. The van der Waals surface area contributed by atoms with Gasteiger partial charge in [-0.15, -0.1) is 0 Å². The number of sulfonamides is 1. The van der Waals surface area contributed by atoms with Crippen molar-refractivity contribution in [2.45, 2.75) is 5.03 Å². The van der Waals surface area contributed by atoms with Crippen LogP contribution in [-0.2, 0) is 14.8 Å². The molecular formula is C11H10FN3O4S. The third kappa shape index (κ3) is 2.68. The van der Waals surface area contributed by atoms with Gasteiger partial charge in [-0.3, -0.25) is 0 Å². The van der Waals surface area contributed by atoms with Crippen LogP contribution < -0.4 is 5.14 Å². The Morgan fingerprint density at radius 2 is 1.95 bits per heavy atom. The Bertz CT molecular complexity index is 752. The van der Waals surface area contributed by atoms with Gasteiger partial charge in [-0.2, -0.15) is 5.10 Å². The molecule has 20 heavy (non-hydrogen) atoms. The van der Waals surface area contributed by atoms with Crippen LogP contribution in [0.5, 0.6) is 0 Å². The van der Waals surface area contributed by atoms with Crippen LogP contribution in [0.2, 0.25) is 0 Å². The number of hydrogen-bond donors (Lipinski definition) is 1. The van der Waals surface area contributed by atoms with Crippen LogP contribution in [0.3, 0.4) is 0 Å². The van der Waals surface area contributed by atoms with Gasteiger partial charge < -0.3 is 4.74 Å². The van der Waals surface area contributed by atoms with E-state index in [4.69, 9.17) is 5.14 Å². The summed E-state index contributed by atoms with van der Waals surface area (Å²) >= 11 is 0. The van der Waals surface area contributed by atoms with Gasteiger partial charge in [0, 0.05) is 6.07 Å². The molecule has 0 atom stereocenters. The number of primary sulfonamides is 1. The van der Waals surface area contributed by atoms with E-state index >= 15 is 0 Å². The molecule has 2 aromatic rings. The van der Waals surface area contributed by atoms with Gasteiger partial charge >= 0.3 is 5.97 Å². The molecule has 0 spiro atoms. The number of carbonyl (C=O) groups is 1. The molecule has 0 bridgehead atoms. The number of halogens is 1. The van der Waals surface area contributed by atoms with Gasteiger partial charge in [-0.25, -0.2) is 27.4 Å². The number of benzene rings is 1. The number of nitrogens with two attached hydrogens (primary N) is 1. The molecule has 0 aliphatic rings. The van der Waals surface area contributed by atoms with Crippen LogP contribution >= 0.6 is 0 Å². The zero-order chi connectivity index (χ0) is 14.9. The zero-order valence-electron chi connectivity index (χ0n) is 10.3. The highest BCUT2D eigenvalue weighted by Gasteiger charge is 2.22. The van der Waals surface area contributed by atoms with Gasteiger partial charge in [0.25, 0.3) is 10.0 Å². The minimum atomic E-state index is -4.08. The van der Waals surface area contributed by atoms with E-state index in [2.05, 4.69) is 9.84 Å². The van der Waals surface area contributed by atoms with Crippen molar-refractivity contribution < 1.29 is 22.3 Å². The maximum atomic E-state index is 12.9. The Kier molecular flexibility index (Phi) is 3.55. The number of methoxy groups -OCH3 is 1. The van der Waals surface area contributed by atoms with E-state index in [1.165, 1.54) is 12.1 Å². The lowest BCUT2D eigenvalue weighted by Gasteiger charge is -2.05. The number of ether oxygens (including phenoxy) is 1. The number of nitrogens with zero attached hydrogens (tertiary/aromatic N) is 2. The van der Waals surface area contributed by atoms with Gasteiger partial charge in [-0.05, 0) is 24.3 Å². The van der Waals surface area contributed by atoms with Crippen molar-refractivity contribution in [3.63, 3.8) is 0 Å². The molecule has 0 fully saturated rings. The van der Waals surface area contributed by atoms with Crippen LogP contribution in [0.1, 0.15) is 10.5 Å². The molecule has 1 aromatic carbocycles. The zero-order valence-corrected chi connectivity index (χ0v) is 11.1. The Hall–Kier alpha value is -2.26. The number of esters is 1. The second-order valence-electron chi connectivity index (χ2n) is 3.79. The lowest BCUT2D eigenvalue weighted by molar-refractivity contribution is 0.0590. The molecule has 0 radical (unpaired) electrons. The van der Waals surface area contributed by atoms with Crippen molar-refractivity contribution in [3.8, 4) is 5.69 Å². The SMILES string of the molecule is COC(=O)c1cc(S(N)(=O)=O)nn1-c1ccc(F)cc1. The Labute approximate surface area is 113 Å². The quantitative estimate of drug-likeness (QED) is 0.828. The lowest BCUT2D eigenvalue weighted by Crippen LogP contribution is -2.13. The number of hydrogen-bond acceptors (Lipinski definition) is 5. The third-order valence-corrected chi connectivity index (χ3v) is 3.23. The lowest BCUT2D eigenvalue weighted by atomic mass is 10.3. The fourth-order valence-corrected chi connectivity index (χ4v) is 2.00. The van der Waals surface area contributed by atoms with E-state index in [0.717, 1.165) is 30.0 Å². The van der Waals surface area contributed by atoms with Crippen LogP contribution in [0, 0.1) is 5.82 Å². The topological polar surface area (TPSA) is 104 Å². The summed E-state index contributed by atoms with van der Waals surface area (Å²) in [5.41, 5.74) is 0.157. The highest BCUT2D eigenvalue weighted by molar-refractivity contribution is 7.89. The van der Waals surface area contributed by atoms with Crippen LogP contribution in [0.15, 0.2) is 35.4 Å². The minimum absolute atomic E-state index is 0.136. The van der Waals surface area contributed by atoms with E-state index in [-0.39, 0.29) is 5.69 Å². The highest BCUT2D eigenvalue weighted by Crippen LogP contribution is 2.16. The summed E-state index contributed by atoms with van der Waals surface area (Å²) in [6, 6.07) is 5.96. The number of aromatic nitrogens is 2. The molecule has 2 rings (SSSR count).